The van der Waals surface area contributed by atoms with Gasteiger partial charge in [-0.15, -0.1) is 0 Å². The van der Waals surface area contributed by atoms with E-state index in [1.165, 1.54) is 6.07 Å². The Labute approximate surface area is 109 Å². The summed E-state index contributed by atoms with van der Waals surface area (Å²) >= 11 is 0. The summed E-state index contributed by atoms with van der Waals surface area (Å²) in [6.45, 7) is 3.07. The van der Waals surface area contributed by atoms with Crippen molar-refractivity contribution in [3.05, 3.63) is 48.0 Å². The molecule has 0 aliphatic carbocycles. The van der Waals surface area contributed by atoms with Gasteiger partial charge in [-0.3, -0.25) is 0 Å². The van der Waals surface area contributed by atoms with Crippen LogP contribution in [0.4, 0.5) is 18.9 Å². The van der Waals surface area contributed by atoms with Gasteiger partial charge in [-0.1, -0.05) is 6.07 Å². The van der Waals surface area contributed by atoms with E-state index >= 15 is 0 Å². The second-order valence-electron chi connectivity index (χ2n) is 4.17. The van der Waals surface area contributed by atoms with E-state index < -0.39 is 11.7 Å². The highest BCUT2D eigenvalue weighted by molar-refractivity contribution is 5.46. The Balaban J connectivity index is 1.95. The predicted molar refractivity (Wildman–Crippen MR) is 66.9 cm³/mol. The molecule has 19 heavy (non-hydrogen) atoms. The second-order valence-corrected chi connectivity index (χ2v) is 4.17. The Morgan fingerprint density at radius 2 is 2.11 bits per heavy atom. The number of imidazole rings is 1. The van der Waals surface area contributed by atoms with Crippen LogP contribution in [-0.2, 0) is 12.7 Å². The van der Waals surface area contributed by atoms with Gasteiger partial charge in [0.05, 0.1) is 5.56 Å². The number of rotatable bonds is 4. The zero-order valence-electron chi connectivity index (χ0n) is 10.4. The molecule has 102 valence electrons. The van der Waals surface area contributed by atoms with E-state index in [4.69, 9.17) is 0 Å². The maximum absolute atomic E-state index is 12.5. The second kappa shape index (κ2) is 5.34. The third kappa shape index (κ3) is 3.49. The molecule has 2 rings (SSSR count). The summed E-state index contributed by atoms with van der Waals surface area (Å²) in [7, 11) is 0. The smallest absolute Gasteiger partial charge is 0.383 e. The van der Waals surface area contributed by atoms with Crippen LogP contribution in [0.15, 0.2) is 36.7 Å². The highest BCUT2D eigenvalue weighted by atomic mass is 19.4. The molecule has 0 aliphatic heterocycles. The molecule has 2 aromatic rings. The van der Waals surface area contributed by atoms with Gasteiger partial charge in [0.15, 0.2) is 0 Å². The van der Waals surface area contributed by atoms with Crippen molar-refractivity contribution in [1.29, 1.82) is 0 Å². The van der Waals surface area contributed by atoms with Crippen LogP contribution < -0.4 is 5.32 Å². The van der Waals surface area contributed by atoms with E-state index in [9.17, 15) is 13.2 Å². The summed E-state index contributed by atoms with van der Waals surface area (Å²) in [5.41, 5.74) is -0.177. The van der Waals surface area contributed by atoms with Gasteiger partial charge >= 0.3 is 6.18 Å². The minimum Gasteiger partial charge on any atom is -0.383 e. The fourth-order valence-corrected chi connectivity index (χ4v) is 1.77. The number of anilines is 1. The van der Waals surface area contributed by atoms with Crippen molar-refractivity contribution in [1.82, 2.24) is 9.55 Å². The van der Waals surface area contributed by atoms with Crippen LogP contribution in [0.1, 0.15) is 11.4 Å². The first-order valence-corrected chi connectivity index (χ1v) is 5.86. The lowest BCUT2D eigenvalue weighted by Crippen LogP contribution is -2.12. The molecule has 1 N–H and O–H groups in total. The van der Waals surface area contributed by atoms with E-state index in [2.05, 4.69) is 10.3 Å². The van der Waals surface area contributed by atoms with Crippen LogP contribution in [0.5, 0.6) is 0 Å². The summed E-state index contributed by atoms with van der Waals surface area (Å²) in [4.78, 5) is 4.08. The van der Waals surface area contributed by atoms with Crippen molar-refractivity contribution in [3.63, 3.8) is 0 Å². The summed E-state index contributed by atoms with van der Waals surface area (Å²) in [5, 5.41) is 2.97. The van der Waals surface area contributed by atoms with Crippen LogP contribution in [0, 0.1) is 6.92 Å². The van der Waals surface area contributed by atoms with E-state index in [0.29, 0.717) is 18.8 Å². The molecule has 0 bridgehead atoms. The van der Waals surface area contributed by atoms with Gasteiger partial charge in [-0.05, 0) is 25.1 Å². The molecule has 0 radical (unpaired) electrons. The van der Waals surface area contributed by atoms with E-state index in [1.807, 2.05) is 17.7 Å². The Morgan fingerprint density at radius 3 is 2.74 bits per heavy atom. The lowest BCUT2D eigenvalue weighted by Gasteiger charge is -2.11. The maximum atomic E-state index is 12.5. The number of hydrogen-bond donors (Lipinski definition) is 1. The predicted octanol–water partition coefficient (Wildman–Crippen LogP) is 3.32. The molecular formula is C13H14F3N3. The minimum atomic E-state index is -4.31. The van der Waals surface area contributed by atoms with E-state index in [-0.39, 0.29) is 0 Å². The SMILES string of the molecule is Cc1nccn1CCNc1cccc(C(F)(F)F)c1. The number of aryl methyl sites for hydroxylation is 1. The molecule has 0 amide bonds. The van der Waals surface area contributed by atoms with Crippen LogP contribution in [0.3, 0.4) is 0 Å². The Morgan fingerprint density at radius 1 is 1.32 bits per heavy atom. The molecule has 0 saturated heterocycles. The normalized spacial score (nSPS) is 11.6. The first-order chi connectivity index (χ1) is 8.97. The standard InChI is InChI=1S/C13H14F3N3/c1-10-17-5-7-19(10)8-6-18-12-4-2-3-11(9-12)13(14,15)16/h2-5,7,9,18H,6,8H2,1H3. The Hall–Kier alpha value is -1.98. The van der Waals surface area contributed by atoms with Gasteiger partial charge in [0, 0.05) is 31.2 Å². The topological polar surface area (TPSA) is 29.9 Å². The molecule has 6 heteroatoms. The summed E-state index contributed by atoms with van der Waals surface area (Å²) in [5.74, 6) is 0.880. The number of halogens is 3. The monoisotopic (exact) mass is 269 g/mol. The molecule has 0 unspecified atom stereocenters. The van der Waals surface area contributed by atoms with Crippen molar-refractivity contribution in [2.75, 3.05) is 11.9 Å². The van der Waals surface area contributed by atoms with Crippen molar-refractivity contribution in [2.24, 2.45) is 0 Å². The maximum Gasteiger partial charge on any atom is 0.416 e. The van der Waals surface area contributed by atoms with Gasteiger partial charge in [0.2, 0.25) is 0 Å². The van der Waals surface area contributed by atoms with Crippen molar-refractivity contribution < 1.29 is 13.2 Å². The number of nitrogens with one attached hydrogen (secondary N) is 1. The summed E-state index contributed by atoms with van der Waals surface area (Å²) in [6, 6.07) is 5.19. The molecule has 1 aromatic carbocycles. The van der Waals surface area contributed by atoms with Gasteiger partial charge in [-0.2, -0.15) is 13.2 Å². The summed E-state index contributed by atoms with van der Waals surface area (Å²) in [6.07, 6.45) is -0.776. The zero-order valence-corrected chi connectivity index (χ0v) is 10.4. The highest BCUT2D eigenvalue weighted by Crippen LogP contribution is 2.30. The number of hydrogen-bond acceptors (Lipinski definition) is 2. The number of alkyl halides is 3. The molecule has 3 nitrogen and oxygen atoms in total. The average molecular weight is 269 g/mol. The molecule has 0 aliphatic rings. The Bertz CT molecular complexity index is 546. The van der Waals surface area contributed by atoms with Gasteiger partial charge in [0.25, 0.3) is 0 Å². The summed E-state index contributed by atoms with van der Waals surface area (Å²) < 4.78 is 39.5. The van der Waals surface area contributed by atoms with Crippen molar-refractivity contribution in [2.45, 2.75) is 19.6 Å². The quantitative estimate of drug-likeness (QED) is 0.922. The van der Waals surface area contributed by atoms with Crippen LogP contribution in [-0.4, -0.2) is 16.1 Å². The first-order valence-electron chi connectivity index (χ1n) is 5.86. The third-order valence-corrected chi connectivity index (χ3v) is 2.80. The molecule has 0 saturated carbocycles. The number of nitrogens with zero attached hydrogens (tertiary/aromatic N) is 2. The van der Waals surface area contributed by atoms with Crippen LogP contribution >= 0.6 is 0 Å². The molecule has 0 spiro atoms. The van der Waals surface area contributed by atoms with E-state index in [0.717, 1.165) is 18.0 Å². The fraction of sp³-hybridized carbons (Fsp3) is 0.308. The van der Waals surface area contributed by atoms with Crippen molar-refractivity contribution >= 4 is 5.69 Å². The molecule has 0 fully saturated rings. The average Bonchev–Trinajstić information content (AvgIpc) is 2.75. The van der Waals surface area contributed by atoms with Gasteiger partial charge in [0.1, 0.15) is 5.82 Å². The highest BCUT2D eigenvalue weighted by Gasteiger charge is 2.30. The lowest BCUT2D eigenvalue weighted by molar-refractivity contribution is -0.137. The zero-order chi connectivity index (χ0) is 13.9. The first kappa shape index (κ1) is 13.5. The van der Waals surface area contributed by atoms with Crippen LogP contribution in [0.25, 0.3) is 0 Å². The molecular weight excluding hydrogens is 255 g/mol. The van der Waals surface area contributed by atoms with Gasteiger partial charge in [-0.25, -0.2) is 4.98 Å². The fourth-order valence-electron chi connectivity index (χ4n) is 1.77. The number of benzene rings is 1. The molecule has 1 heterocycles. The van der Waals surface area contributed by atoms with Crippen LogP contribution in [0.2, 0.25) is 0 Å². The largest absolute Gasteiger partial charge is 0.416 e. The van der Waals surface area contributed by atoms with E-state index in [1.54, 1.807) is 12.3 Å². The molecule has 1 aromatic heterocycles. The van der Waals surface area contributed by atoms with Gasteiger partial charge < -0.3 is 9.88 Å². The molecule has 0 atom stereocenters. The minimum absolute atomic E-state index is 0.465. The number of aromatic nitrogens is 2. The van der Waals surface area contributed by atoms with Crippen molar-refractivity contribution in [3.8, 4) is 0 Å². The third-order valence-electron chi connectivity index (χ3n) is 2.80. The lowest BCUT2D eigenvalue weighted by atomic mass is 10.2. The Kier molecular flexibility index (Phi) is 3.78.